The first-order valence-electron chi connectivity index (χ1n) is 7.65. The Hall–Kier alpha value is -2.14. The third-order valence-corrected chi connectivity index (χ3v) is 4.36. The van der Waals surface area contributed by atoms with E-state index >= 15 is 0 Å². The fourth-order valence-corrected chi connectivity index (χ4v) is 2.99. The number of para-hydroxylation sites is 1. The zero-order chi connectivity index (χ0) is 15.7. The van der Waals surface area contributed by atoms with Crippen molar-refractivity contribution in [1.82, 2.24) is 10.3 Å². The number of benzene rings is 1. The van der Waals surface area contributed by atoms with E-state index in [1.807, 2.05) is 24.3 Å². The van der Waals surface area contributed by atoms with Gasteiger partial charge in [-0.1, -0.05) is 18.2 Å². The highest BCUT2D eigenvalue weighted by Crippen LogP contribution is 2.34. The molecule has 0 radical (unpaired) electrons. The third-order valence-electron chi connectivity index (χ3n) is 4.36. The van der Waals surface area contributed by atoms with E-state index in [-0.39, 0.29) is 29.7 Å². The lowest BCUT2D eigenvalue weighted by Crippen LogP contribution is -2.40. The van der Waals surface area contributed by atoms with E-state index in [4.69, 9.17) is 5.11 Å². The molecule has 1 saturated carbocycles. The van der Waals surface area contributed by atoms with E-state index in [0.29, 0.717) is 17.9 Å². The molecule has 22 heavy (non-hydrogen) atoms. The molecule has 1 amide bonds. The lowest BCUT2D eigenvalue weighted by molar-refractivity contribution is 0.0922. The van der Waals surface area contributed by atoms with Crippen LogP contribution in [-0.2, 0) is 0 Å². The second-order valence-electron chi connectivity index (χ2n) is 5.93. The van der Waals surface area contributed by atoms with Gasteiger partial charge in [0.25, 0.3) is 11.5 Å². The van der Waals surface area contributed by atoms with E-state index < -0.39 is 0 Å². The second kappa shape index (κ2) is 5.93. The van der Waals surface area contributed by atoms with Gasteiger partial charge in [-0.2, -0.15) is 0 Å². The Morgan fingerprint density at radius 3 is 2.82 bits per heavy atom. The van der Waals surface area contributed by atoms with E-state index in [9.17, 15) is 9.59 Å². The largest absolute Gasteiger partial charge is 0.396 e. The standard InChI is InChI=1S/C17H20N2O3/c1-10-12-4-2-3-5-14(12)19-17(22)15(10)16(21)18-13(8-9-20)11-6-7-11/h2-5,11,13,20H,6-9H2,1H3,(H,18,21)(H,19,22). The molecule has 0 aliphatic heterocycles. The number of pyridine rings is 1. The number of fused-ring (bicyclic) bond motifs is 1. The molecule has 1 atom stereocenters. The van der Waals surface area contributed by atoms with Crippen molar-refractivity contribution in [3.63, 3.8) is 0 Å². The Labute approximate surface area is 128 Å². The number of rotatable bonds is 5. The van der Waals surface area contributed by atoms with E-state index in [1.54, 1.807) is 6.92 Å². The number of aryl methyl sites for hydroxylation is 1. The number of hydrogen-bond donors (Lipinski definition) is 3. The minimum atomic E-state index is -0.368. The minimum Gasteiger partial charge on any atom is -0.396 e. The van der Waals surface area contributed by atoms with Crippen LogP contribution >= 0.6 is 0 Å². The van der Waals surface area contributed by atoms with Gasteiger partial charge in [0, 0.05) is 23.6 Å². The summed E-state index contributed by atoms with van der Waals surface area (Å²) in [7, 11) is 0. The number of hydrogen-bond acceptors (Lipinski definition) is 3. The van der Waals surface area contributed by atoms with Crippen molar-refractivity contribution in [2.24, 2.45) is 5.92 Å². The van der Waals surface area contributed by atoms with Gasteiger partial charge in [-0.25, -0.2) is 0 Å². The maximum absolute atomic E-state index is 12.5. The second-order valence-corrected chi connectivity index (χ2v) is 5.93. The molecule has 1 unspecified atom stereocenters. The molecule has 3 rings (SSSR count). The van der Waals surface area contributed by atoms with Gasteiger partial charge in [0.15, 0.2) is 0 Å². The summed E-state index contributed by atoms with van der Waals surface area (Å²) < 4.78 is 0. The number of aromatic amines is 1. The average Bonchev–Trinajstić information content (AvgIpc) is 3.31. The SMILES string of the molecule is Cc1c(C(=O)NC(CCO)C2CC2)c(=O)[nH]c2ccccc12. The molecule has 1 fully saturated rings. The zero-order valence-corrected chi connectivity index (χ0v) is 12.6. The van der Waals surface area contributed by atoms with Crippen LogP contribution < -0.4 is 10.9 Å². The van der Waals surface area contributed by atoms with Crippen LogP contribution in [0, 0.1) is 12.8 Å². The number of carbonyl (C=O) groups excluding carboxylic acids is 1. The Morgan fingerprint density at radius 2 is 2.14 bits per heavy atom. The summed E-state index contributed by atoms with van der Waals surface area (Å²) in [5, 5.41) is 12.9. The molecule has 1 aliphatic rings. The van der Waals surface area contributed by atoms with E-state index in [0.717, 1.165) is 23.7 Å². The van der Waals surface area contributed by atoms with Gasteiger partial charge >= 0.3 is 0 Å². The smallest absolute Gasteiger partial charge is 0.261 e. The minimum absolute atomic E-state index is 0.0362. The summed E-state index contributed by atoms with van der Waals surface area (Å²) in [6.45, 7) is 1.83. The molecule has 1 aliphatic carbocycles. The Kier molecular flexibility index (Phi) is 3.98. The van der Waals surface area contributed by atoms with Crippen LogP contribution in [-0.4, -0.2) is 28.6 Å². The Balaban J connectivity index is 1.95. The van der Waals surface area contributed by atoms with Crippen LogP contribution in [0.4, 0.5) is 0 Å². The maximum Gasteiger partial charge on any atom is 0.261 e. The molecule has 1 heterocycles. The molecular formula is C17H20N2O3. The molecule has 1 aromatic heterocycles. The summed E-state index contributed by atoms with van der Waals surface area (Å²) >= 11 is 0. The van der Waals surface area contributed by atoms with Gasteiger partial charge in [0.2, 0.25) is 0 Å². The summed E-state index contributed by atoms with van der Waals surface area (Å²) in [6, 6.07) is 7.40. The van der Waals surface area contributed by atoms with E-state index in [2.05, 4.69) is 10.3 Å². The zero-order valence-electron chi connectivity index (χ0n) is 12.6. The summed E-state index contributed by atoms with van der Waals surface area (Å²) in [6.07, 6.45) is 2.66. The molecule has 0 saturated heterocycles. The third kappa shape index (κ3) is 2.76. The van der Waals surface area contributed by atoms with Crippen LogP contribution in [0.15, 0.2) is 29.1 Å². The van der Waals surface area contributed by atoms with E-state index in [1.165, 1.54) is 0 Å². The van der Waals surface area contributed by atoms with Crippen molar-refractivity contribution in [3.05, 3.63) is 45.7 Å². The van der Waals surface area contributed by atoms with Crippen LogP contribution in [0.25, 0.3) is 10.9 Å². The predicted molar refractivity (Wildman–Crippen MR) is 85.0 cm³/mol. The van der Waals surface area contributed by atoms with Crippen molar-refractivity contribution in [3.8, 4) is 0 Å². The van der Waals surface area contributed by atoms with Crippen molar-refractivity contribution in [2.45, 2.75) is 32.2 Å². The number of amides is 1. The number of aromatic nitrogens is 1. The number of H-pyrrole nitrogens is 1. The quantitative estimate of drug-likeness (QED) is 0.786. The Morgan fingerprint density at radius 1 is 1.41 bits per heavy atom. The molecule has 5 nitrogen and oxygen atoms in total. The highest BCUT2D eigenvalue weighted by molar-refractivity contribution is 6.00. The Bertz CT molecular complexity index is 762. The van der Waals surface area contributed by atoms with Gasteiger partial charge in [-0.15, -0.1) is 0 Å². The normalized spacial score (nSPS) is 15.7. The molecular weight excluding hydrogens is 280 g/mol. The first-order valence-corrected chi connectivity index (χ1v) is 7.65. The first-order chi connectivity index (χ1) is 10.6. The number of aliphatic hydroxyl groups is 1. The molecule has 116 valence electrons. The van der Waals surface area contributed by atoms with Gasteiger partial charge < -0.3 is 15.4 Å². The van der Waals surface area contributed by atoms with Gasteiger partial charge in [-0.3, -0.25) is 9.59 Å². The number of carbonyl (C=O) groups is 1. The van der Waals surface area contributed by atoms with Crippen molar-refractivity contribution < 1.29 is 9.90 Å². The van der Waals surface area contributed by atoms with Gasteiger partial charge in [-0.05, 0) is 43.7 Å². The fraction of sp³-hybridized carbons (Fsp3) is 0.412. The molecule has 0 bridgehead atoms. The van der Waals surface area contributed by atoms with Gasteiger partial charge in [0.05, 0.1) is 0 Å². The first kappa shape index (κ1) is 14.8. The summed E-state index contributed by atoms with van der Waals surface area (Å²) in [5.74, 6) is 0.0748. The average molecular weight is 300 g/mol. The lowest BCUT2D eigenvalue weighted by atomic mass is 10.0. The van der Waals surface area contributed by atoms with Crippen molar-refractivity contribution in [1.29, 1.82) is 0 Å². The fourth-order valence-electron chi connectivity index (χ4n) is 2.99. The number of aliphatic hydroxyl groups excluding tert-OH is 1. The summed E-state index contributed by atoms with van der Waals surface area (Å²) in [5.41, 5.74) is 1.22. The maximum atomic E-state index is 12.5. The van der Waals surface area contributed by atoms with Crippen molar-refractivity contribution >= 4 is 16.8 Å². The van der Waals surface area contributed by atoms with Crippen LogP contribution in [0.3, 0.4) is 0 Å². The van der Waals surface area contributed by atoms with Crippen LogP contribution in [0.2, 0.25) is 0 Å². The summed E-state index contributed by atoms with van der Waals surface area (Å²) in [4.78, 5) is 27.6. The molecule has 2 aromatic rings. The lowest BCUT2D eigenvalue weighted by Gasteiger charge is -2.18. The molecule has 1 aromatic carbocycles. The predicted octanol–water partition coefficient (Wildman–Crippen LogP) is 1.73. The molecule has 5 heteroatoms. The highest BCUT2D eigenvalue weighted by Gasteiger charge is 2.32. The van der Waals surface area contributed by atoms with Gasteiger partial charge in [0.1, 0.15) is 5.56 Å². The number of nitrogens with one attached hydrogen (secondary N) is 2. The monoisotopic (exact) mass is 300 g/mol. The van der Waals surface area contributed by atoms with Crippen molar-refractivity contribution in [2.75, 3.05) is 6.61 Å². The van der Waals surface area contributed by atoms with Crippen LogP contribution in [0.1, 0.15) is 35.2 Å². The van der Waals surface area contributed by atoms with Crippen LogP contribution in [0.5, 0.6) is 0 Å². The molecule has 0 spiro atoms. The highest BCUT2D eigenvalue weighted by atomic mass is 16.3. The molecule has 3 N–H and O–H groups in total. The topological polar surface area (TPSA) is 82.2 Å².